The Labute approximate surface area is 164 Å². The van der Waals surface area contributed by atoms with Gasteiger partial charge in [0, 0.05) is 18.9 Å². The van der Waals surface area contributed by atoms with Crippen LogP contribution in [0.5, 0.6) is 0 Å². The van der Waals surface area contributed by atoms with E-state index in [1.54, 1.807) is 31.3 Å². The first-order chi connectivity index (χ1) is 13.5. The van der Waals surface area contributed by atoms with Crippen molar-refractivity contribution < 1.29 is 18.7 Å². The van der Waals surface area contributed by atoms with Crippen molar-refractivity contribution in [1.29, 1.82) is 0 Å². The Morgan fingerprint density at radius 1 is 1.29 bits per heavy atom. The zero-order valence-corrected chi connectivity index (χ0v) is 16.3. The van der Waals surface area contributed by atoms with Crippen LogP contribution >= 0.6 is 0 Å². The predicted octanol–water partition coefficient (Wildman–Crippen LogP) is 2.84. The van der Waals surface area contributed by atoms with E-state index in [4.69, 9.17) is 4.74 Å². The van der Waals surface area contributed by atoms with E-state index in [-0.39, 0.29) is 17.8 Å². The monoisotopic (exact) mass is 390 g/mol. The summed E-state index contributed by atoms with van der Waals surface area (Å²) in [5.41, 5.74) is 5.90. The summed E-state index contributed by atoms with van der Waals surface area (Å²) < 4.78 is 18.0. The minimum absolute atomic E-state index is 0.133. The lowest BCUT2D eigenvalue weighted by Gasteiger charge is -2.11. The van der Waals surface area contributed by atoms with Crippen LogP contribution in [0.25, 0.3) is 0 Å². The van der Waals surface area contributed by atoms with Gasteiger partial charge < -0.3 is 21.1 Å². The second-order valence-electron chi connectivity index (χ2n) is 5.82. The van der Waals surface area contributed by atoms with E-state index in [1.165, 1.54) is 25.4 Å². The fourth-order valence-corrected chi connectivity index (χ4v) is 2.47. The maximum absolute atomic E-state index is 12.5. The maximum atomic E-state index is 12.5. The van der Waals surface area contributed by atoms with Gasteiger partial charge >= 0.3 is 0 Å². The molecular formula is C20H27FN4O3. The molecule has 1 fully saturated rings. The van der Waals surface area contributed by atoms with Gasteiger partial charge in [0.25, 0.3) is 5.91 Å². The summed E-state index contributed by atoms with van der Waals surface area (Å²) in [4.78, 5) is 26.2. The highest BCUT2D eigenvalue weighted by Crippen LogP contribution is 2.20. The number of hydrogen-bond donors (Lipinski definition) is 3. The van der Waals surface area contributed by atoms with Crippen LogP contribution in [0.1, 0.15) is 30.3 Å². The summed E-state index contributed by atoms with van der Waals surface area (Å²) >= 11 is 0. The van der Waals surface area contributed by atoms with E-state index in [9.17, 15) is 14.0 Å². The number of aromatic nitrogens is 1. The minimum atomic E-state index is -0.391. The minimum Gasteiger partial charge on any atom is -0.386 e. The number of para-hydroxylation sites is 1. The average Bonchev–Trinajstić information content (AvgIpc) is 3.17. The molecule has 0 radical (unpaired) electrons. The third kappa shape index (κ3) is 7.42. The van der Waals surface area contributed by atoms with Gasteiger partial charge in [-0.25, -0.2) is 4.39 Å². The number of rotatable bonds is 4. The van der Waals surface area contributed by atoms with Crippen molar-refractivity contribution in [3.63, 3.8) is 0 Å². The number of hydrogen-bond acceptors (Lipinski definition) is 6. The van der Waals surface area contributed by atoms with Crippen molar-refractivity contribution in [3.05, 3.63) is 54.1 Å². The number of aldehydes is 1. The Balaban J connectivity index is 0.000000301. The highest BCUT2D eigenvalue weighted by molar-refractivity contribution is 5.94. The molecule has 2 aromatic rings. The second kappa shape index (κ2) is 12.5. The molecule has 7 nitrogen and oxygen atoms in total. The first kappa shape index (κ1) is 23.2. The van der Waals surface area contributed by atoms with E-state index < -0.39 is 6.10 Å². The number of pyridine rings is 1. The lowest BCUT2D eigenvalue weighted by atomic mass is 10.2. The number of nitrogens with zero attached hydrogens (tertiary/aromatic N) is 1. The van der Waals surface area contributed by atoms with Gasteiger partial charge in [0.1, 0.15) is 17.6 Å². The Morgan fingerprint density at radius 2 is 2.00 bits per heavy atom. The van der Waals surface area contributed by atoms with Crippen LogP contribution in [-0.4, -0.2) is 43.5 Å². The van der Waals surface area contributed by atoms with Crippen molar-refractivity contribution in [2.24, 2.45) is 5.73 Å². The lowest BCUT2D eigenvalue weighted by Crippen LogP contribution is -2.27. The fraction of sp³-hybridized carbons (Fsp3) is 0.350. The fourth-order valence-electron chi connectivity index (χ4n) is 2.47. The molecule has 0 aliphatic carbocycles. The molecule has 0 saturated carbocycles. The lowest BCUT2D eigenvalue weighted by molar-refractivity contribution is -0.126. The van der Waals surface area contributed by atoms with Crippen molar-refractivity contribution >= 4 is 23.6 Å². The van der Waals surface area contributed by atoms with Crippen LogP contribution in [0.3, 0.4) is 0 Å². The highest BCUT2D eigenvalue weighted by Gasteiger charge is 2.28. The van der Waals surface area contributed by atoms with Gasteiger partial charge in [-0.3, -0.25) is 14.6 Å². The molecule has 1 aromatic heterocycles. The molecule has 3 rings (SSSR count). The van der Waals surface area contributed by atoms with Crippen LogP contribution in [0.2, 0.25) is 0 Å². The first-order valence-corrected chi connectivity index (χ1v) is 8.91. The third-order valence-electron chi connectivity index (χ3n) is 3.84. The third-order valence-corrected chi connectivity index (χ3v) is 3.84. The van der Waals surface area contributed by atoms with Crippen molar-refractivity contribution in [2.75, 3.05) is 24.7 Å². The number of amides is 1. The molecule has 4 N–H and O–H groups in total. The molecule has 2 heterocycles. The van der Waals surface area contributed by atoms with E-state index >= 15 is 0 Å². The largest absolute Gasteiger partial charge is 0.386 e. The number of halogens is 1. The maximum Gasteiger partial charge on any atom is 0.253 e. The van der Waals surface area contributed by atoms with E-state index in [0.29, 0.717) is 23.4 Å². The van der Waals surface area contributed by atoms with Gasteiger partial charge in [-0.15, -0.1) is 0 Å². The number of anilines is 2. The van der Waals surface area contributed by atoms with Gasteiger partial charge in [-0.05, 0) is 51.1 Å². The summed E-state index contributed by atoms with van der Waals surface area (Å²) in [6.07, 6.45) is 3.50. The van der Waals surface area contributed by atoms with E-state index in [2.05, 4.69) is 21.4 Å². The Morgan fingerprint density at radius 3 is 2.54 bits per heavy atom. The van der Waals surface area contributed by atoms with Crippen LogP contribution in [0.4, 0.5) is 15.8 Å². The van der Waals surface area contributed by atoms with Crippen molar-refractivity contribution in [1.82, 2.24) is 4.98 Å². The molecule has 1 aromatic carbocycles. The second-order valence-corrected chi connectivity index (χ2v) is 5.82. The Hall–Kier alpha value is -2.84. The Bertz CT molecular complexity index is 758. The molecule has 28 heavy (non-hydrogen) atoms. The highest BCUT2D eigenvalue weighted by atomic mass is 19.1. The molecule has 1 aliphatic heterocycles. The predicted molar refractivity (Wildman–Crippen MR) is 108 cm³/mol. The molecule has 1 saturated heterocycles. The number of ether oxygens (including phenoxy) is 1. The van der Waals surface area contributed by atoms with Crippen molar-refractivity contribution in [2.45, 2.75) is 32.0 Å². The number of nitrogens with one attached hydrogen (secondary N) is 2. The topological polar surface area (TPSA) is 106 Å². The number of carbonyl (C=O) groups is 2. The first-order valence-electron chi connectivity index (χ1n) is 8.91. The molecule has 2 atom stereocenters. The molecule has 8 heteroatoms. The SMILES string of the molecule is CC1CCC(C(=O)Nc2ccnc(C=O)c2)O1.CN.CNc1ccccc1F. The summed E-state index contributed by atoms with van der Waals surface area (Å²) in [5.74, 6) is -0.377. The average molecular weight is 390 g/mol. The van der Waals surface area contributed by atoms with Crippen LogP contribution in [0.15, 0.2) is 42.6 Å². The van der Waals surface area contributed by atoms with Gasteiger partial charge in [-0.2, -0.15) is 0 Å². The summed E-state index contributed by atoms with van der Waals surface area (Å²) in [6, 6.07) is 9.73. The zero-order chi connectivity index (χ0) is 20.9. The van der Waals surface area contributed by atoms with Crippen LogP contribution in [0, 0.1) is 5.82 Å². The zero-order valence-electron chi connectivity index (χ0n) is 16.3. The quantitative estimate of drug-likeness (QED) is 0.693. The Kier molecular flexibility index (Phi) is 10.4. The van der Waals surface area contributed by atoms with Crippen LogP contribution < -0.4 is 16.4 Å². The van der Waals surface area contributed by atoms with E-state index in [0.717, 1.165) is 12.8 Å². The van der Waals surface area contributed by atoms with E-state index in [1.807, 2.05) is 6.92 Å². The number of benzene rings is 1. The van der Waals surface area contributed by atoms with Gasteiger partial charge in [0.05, 0.1) is 11.8 Å². The molecule has 152 valence electrons. The summed E-state index contributed by atoms with van der Waals surface area (Å²) in [6.45, 7) is 1.95. The molecule has 0 bridgehead atoms. The number of nitrogens with two attached hydrogens (primary N) is 1. The molecule has 1 aliphatic rings. The van der Waals surface area contributed by atoms with Crippen LogP contribution in [-0.2, 0) is 9.53 Å². The summed E-state index contributed by atoms with van der Waals surface area (Å²) in [7, 11) is 3.19. The van der Waals surface area contributed by atoms with Gasteiger partial charge in [-0.1, -0.05) is 12.1 Å². The van der Waals surface area contributed by atoms with Gasteiger partial charge in [0.15, 0.2) is 6.29 Å². The molecule has 1 amide bonds. The standard InChI is InChI=1S/C12H14N2O3.C7H8FN.CH5N/c1-8-2-3-11(17-8)12(16)14-9-4-5-13-10(6-9)7-15;1-9-7-5-3-2-4-6(7)8;1-2/h4-8,11H,2-3H2,1H3,(H,13,14,16);2-5,9H,1H3;2H2,1H3. The summed E-state index contributed by atoms with van der Waals surface area (Å²) in [5, 5.41) is 5.44. The number of carbonyl (C=O) groups excluding carboxylic acids is 2. The molecule has 0 spiro atoms. The molecular weight excluding hydrogens is 363 g/mol. The van der Waals surface area contributed by atoms with Gasteiger partial charge in [0.2, 0.25) is 0 Å². The smallest absolute Gasteiger partial charge is 0.253 e. The normalized spacial score (nSPS) is 17.3. The van der Waals surface area contributed by atoms with Crippen molar-refractivity contribution in [3.8, 4) is 0 Å². The molecule has 2 unspecified atom stereocenters.